The second-order valence-electron chi connectivity index (χ2n) is 4.42. The van der Waals surface area contributed by atoms with Gasteiger partial charge in [0.15, 0.2) is 0 Å². The molecule has 0 aromatic heterocycles. The van der Waals surface area contributed by atoms with E-state index in [9.17, 15) is 0 Å². The second kappa shape index (κ2) is 8.36. The average molecular weight is 324 g/mol. The molecule has 1 aliphatic rings. The van der Waals surface area contributed by atoms with Crippen molar-refractivity contribution < 1.29 is 28.6 Å². The molecule has 0 N–H and O–H groups in total. The molecule has 0 saturated heterocycles. The van der Waals surface area contributed by atoms with E-state index in [0.717, 1.165) is 0 Å². The highest BCUT2D eigenvalue weighted by Gasteiger charge is 2.23. The molecule has 0 amide bonds. The second-order valence-corrected chi connectivity index (χ2v) is 4.42. The molecule has 0 atom stereocenters. The van der Waals surface area contributed by atoms with Gasteiger partial charge in [0, 0.05) is 6.42 Å². The van der Waals surface area contributed by atoms with E-state index in [1.54, 1.807) is 5.84 Å². The molecular formula is C12H25IN2. The molecule has 1 heterocycles. The minimum Gasteiger partial charge on any atom is -1.00 e. The Balaban J connectivity index is 0.00000196. The first kappa shape index (κ1) is 15.2. The predicted octanol–water partition coefficient (Wildman–Crippen LogP) is -0.663. The third kappa shape index (κ3) is 5.18. The minimum atomic E-state index is 0. The summed E-state index contributed by atoms with van der Waals surface area (Å²) in [5, 5.41) is 0. The summed E-state index contributed by atoms with van der Waals surface area (Å²) in [5.74, 6) is 1.54. The fourth-order valence-electron chi connectivity index (χ4n) is 2.12. The first-order valence-corrected chi connectivity index (χ1v) is 6.03. The van der Waals surface area contributed by atoms with Crippen LogP contribution in [-0.4, -0.2) is 42.5 Å². The summed E-state index contributed by atoms with van der Waals surface area (Å²) >= 11 is 0. The Morgan fingerprint density at radius 1 is 1.20 bits per heavy atom. The maximum absolute atomic E-state index is 2.40. The quantitative estimate of drug-likeness (QED) is 0.357. The van der Waals surface area contributed by atoms with Gasteiger partial charge in [-0.05, 0) is 6.42 Å². The number of hydrogen-bond donors (Lipinski definition) is 0. The number of unbranched alkanes of at least 4 members (excludes halogenated alkanes) is 4. The predicted molar refractivity (Wildman–Crippen MR) is 62.1 cm³/mol. The van der Waals surface area contributed by atoms with Crippen LogP contribution in [0.25, 0.3) is 0 Å². The molecule has 0 aromatic carbocycles. The molecule has 90 valence electrons. The Labute approximate surface area is 112 Å². The van der Waals surface area contributed by atoms with E-state index in [1.807, 2.05) is 0 Å². The number of rotatable bonds is 6. The molecule has 0 radical (unpaired) electrons. The smallest absolute Gasteiger partial charge is 0.246 e. The summed E-state index contributed by atoms with van der Waals surface area (Å²) in [7, 11) is 4.43. The zero-order valence-electron chi connectivity index (χ0n) is 10.4. The maximum atomic E-state index is 2.40. The first-order valence-electron chi connectivity index (χ1n) is 6.03. The summed E-state index contributed by atoms with van der Waals surface area (Å²) in [4.78, 5) is 2.40. The summed E-state index contributed by atoms with van der Waals surface area (Å²) in [5.41, 5.74) is 0. The summed E-state index contributed by atoms with van der Waals surface area (Å²) in [6.45, 7) is 4.69. The van der Waals surface area contributed by atoms with Gasteiger partial charge in [0.1, 0.15) is 13.1 Å². The first-order chi connectivity index (χ1) is 6.75. The zero-order valence-corrected chi connectivity index (χ0v) is 12.6. The number of amidine groups is 1. The van der Waals surface area contributed by atoms with Gasteiger partial charge in [0.2, 0.25) is 5.84 Å². The van der Waals surface area contributed by atoms with Crippen LogP contribution in [0.4, 0.5) is 0 Å². The van der Waals surface area contributed by atoms with Crippen LogP contribution in [0.5, 0.6) is 0 Å². The van der Waals surface area contributed by atoms with Gasteiger partial charge >= 0.3 is 0 Å². The van der Waals surface area contributed by atoms with Crippen molar-refractivity contribution in [3.05, 3.63) is 0 Å². The summed E-state index contributed by atoms with van der Waals surface area (Å²) in [6, 6.07) is 0. The van der Waals surface area contributed by atoms with Gasteiger partial charge in [-0.25, -0.2) is 0 Å². The van der Waals surface area contributed by atoms with E-state index in [2.05, 4.69) is 30.5 Å². The van der Waals surface area contributed by atoms with Crippen LogP contribution in [0.3, 0.4) is 0 Å². The Morgan fingerprint density at radius 2 is 1.87 bits per heavy atom. The number of likely N-dealkylation sites (N-methyl/N-ethyl adjacent to an activating group) is 2. The largest absolute Gasteiger partial charge is 1.00 e. The van der Waals surface area contributed by atoms with Crippen molar-refractivity contribution in [2.75, 3.05) is 27.2 Å². The van der Waals surface area contributed by atoms with Crippen molar-refractivity contribution in [2.24, 2.45) is 0 Å². The van der Waals surface area contributed by atoms with Crippen molar-refractivity contribution in [1.29, 1.82) is 0 Å². The molecule has 1 aliphatic heterocycles. The summed E-state index contributed by atoms with van der Waals surface area (Å²) < 4.78 is 2.40. The van der Waals surface area contributed by atoms with Gasteiger partial charge in [-0.1, -0.05) is 32.6 Å². The van der Waals surface area contributed by atoms with Crippen LogP contribution in [-0.2, 0) is 0 Å². The topological polar surface area (TPSA) is 6.25 Å². The Kier molecular flexibility index (Phi) is 8.47. The van der Waals surface area contributed by atoms with Crippen LogP contribution < -0.4 is 24.0 Å². The Bertz CT molecular complexity index is 202. The maximum Gasteiger partial charge on any atom is 0.246 e. The molecule has 0 saturated carbocycles. The third-order valence-corrected chi connectivity index (χ3v) is 3.16. The van der Waals surface area contributed by atoms with Crippen LogP contribution in [0.2, 0.25) is 0 Å². The number of nitrogens with zero attached hydrogens (tertiary/aromatic N) is 2. The summed E-state index contributed by atoms with van der Waals surface area (Å²) in [6.07, 6.45) is 8.20. The van der Waals surface area contributed by atoms with E-state index < -0.39 is 0 Å². The molecule has 0 bridgehead atoms. The molecule has 15 heavy (non-hydrogen) atoms. The Morgan fingerprint density at radius 3 is 2.40 bits per heavy atom. The van der Waals surface area contributed by atoms with Crippen molar-refractivity contribution in [3.63, 3.8) is 0 Å². The van der Waals surface area contributed by atoms with E-state index in [0.29, 0.717) is 0 Å². The van der Waals surface area contributed by atoms with E-state index >= 15 is 0 Å². The highest BCUT2D eigenvalue weighted by Crippen LogP contribution is 2.09. The molecule has 0 aliphatic carbocycles. The fourth-order valence-corrected chi connectivity index (χ4v) is 2.12. The van der Waals surface area contributed by atoms with E-state index in [4.69, 9.17) is 0 Å². The fraction of sp³-hybridized carbons (Fsp3) is 0.917. The monoisotopic (exact) mass is 324 g/mol. The molecule has 2 nitrogen and oxygen atoms in total. The van der Waals surface area contributed by atoms with Gasteiger partial charge in [-0.3, -0.25) is 9.48 Å². The van der Waals surface area contributed by atoms with Gasteiger partial charge in [-0.15, -0.1) is 0 Å². The van der Waals surface area contributed by atoms with Crippen molar-refractivity contribution in [2.45, 2.75) is 45.4 Å². The minimum absolute atomic E-state index is 0. The van der Waals surface area contributed by atoms with Crippen LogP contribution >= 0.6 is 0 Å². The van der Waals surface area contributed by atoms with Gasteiger partial charge in [0.25, 0.3) is 0 Å². The molecule has 0 aromatic rings. The van der Waals surface area contributed by atoms with Crippen LogP contribution in [0, 0.1) is 0 Å². The van der Waals surface area contributed by atoms with Crippen molar-refractivity contribution in [1.82, 2.24) is 4.90 Å². The number of halogens is 1. The zero-order chi connectivity index (χ0) is 10.4. The lowest BCUT2D eigenvalue weighted by molar-refractivity contribution is -0.487. The number of hydrogen-bond acceptors (Lipinski definition) is 1. The highest BCUT2D eigenvalue weighted by atomic mass is 127. The molecule has 1 rings (SSSR count). The SMILES string of the molecule is CCCCCCCC1=[N+](C)CCN1C.[I-]. The van der Waals surface area contributed by atoms with Gasteiger partial charge < -0.3 is 24.0 Å². The third-order valence-electron chi connectivity index (χ3n) is 3.16. The molecule has 0 unspecified atom stereocenters. The molecule has 3 heteroatoms. The lowest BCUT2D eigenvalue weighted by Crippen LogP contribution is -3.00. The van der Waals surface area contributed by atoms with Gasteiger partial charge in [0.05, 0.1) is 14.1 Å². The molecular weight excluding hydrogens is 299 g/mol. The standard InChI is InChI=1S/C12H25N2.HI/c1-4-5-6-7-8-9-12-13(2)10-11-14(12)3;/h4-11H2,1-3H3;1H/q+1;/p-1. The lowest BCUT2D eigenvalue weighted by atomic mass is 10.1. The lowest BCUT2D eigenvalue weighted by Gasteiger charge is -2.06. The Hall–Kier alpha value is 0.200. The van der Waals surface area contributed by atoms with Crippen LogP contribution in [0.1, 0.15) is 45.4 Å². The van der Waals surface area contributed by atoms with E-state index in [-0.39, 0.29) is 24.0 Å². The van der Waals surface area contributed by atoms with Crippen LogP contribution in [0.15, 0.2) is 0 Å². The van der Waals surface area contributed by atoms with Gasteiger partial charge in [-0.2, -0.15) is 0 Å². The van der Waals surface area contributed by atoms with Crippen molar-refractivity contribution >= 4 is 5.84 Å². The van der Waals surface area contributed by atoms with Crippen molar-refractivity contribution in [3.8, 4) is 0 Å². The average Bonchev–Trinajstić information content (AvgIpc) is 2.48. The normalized spacial score (nSPS) is 15.8. The molecule has 0 fully saturated rings. The highest BCUT2D eigenvalue weighted by molar-refractivity contribution is 5.78. The van der Waals surface area contributed by atoms with E-state index in [1.165, 1.54) is 51.6 Å². The molecule has 0 spiro atoms.